The third-order valence-corrected chi connectivity index (χ3v) is 3.66. The molecule has 0 aliphatic heterocycles. The molecule has 0 bridgehead atoms. The Bertz CT molecular complexity index is 806. The molecule has 0 aliphatic rings. The van der Waals surface area contributed by atoms with Crippen molar-refractivity contribution in [1.82, 2.24) is 15.3 Å². The molecule has 1 N–H and O–H groups in total. The van der Waals surface area contributed by atoms with Gasteiger partial charge in [0.05, 0.1) is 16.7 Å². The van der Waals surface area contributed by atoms with E-state index in [-0.39, 0.29) is 0 Å². The number of benzene rings is 1. The van der Waals surface area contributed by atoms with Gasteiger partial charge in [0.15, 0.2) is 0 Å². The van der Waals surface area contributed by atoms with E-state index in [1.165, 1.54) is 17.5 Å². The second-order valence-corrected chi connectivity index (χ2v) is 5.07. The summed E-state index contributed by atoms with van der Waals surface area (Å²) >= 11 is 0. The van der Waals surface area contributed by atoms with Crippen molar-refractivity contribution in [2.45, 2.75) is 19.9 Å². The van der Waals surface area contributed by atoms with Crippen LogP contribution in [-0.2, 0) is 13.0 Å². The molecule has 2 rings (SSSR count). The maximum Gasteiger partial charge on any atom is 0.116 e. The normalized spacial score (nSPS) is 10.2. The van der Waals surface area contributed by atoms with Crippen molar-refractivity contribution < 1.29 is 0 Å². The molecule has 1 aromatic carbocycles. The minimum absolute atomic E-state index is 0.623. The molecule has 0 amide bonds. The maximum absolute atomic E-state index is 4.23. The van der Waals surface area contributed by atoms with Crippen LogP contribution in [0.25, 0.3) is 24.9 Å². The van der Waals surface area contributed by atoms with Crippen LogP contribution in [0.4, 0.5) is 0 Å². The number of aryl methyl sites for hydroxylation is 1. The second-order valence-electron chi connectivity index (χ2n) is 5.07. The van der Waals surface area contributed by atoms with Crippen LogP contribution in [0.3, 0.4) is 0 Å². The molecule has 0 saturated heterocycles. The van der Waals surface area contributed by atoms with Gasteiger partial charge in [-0.25, -0.2) is 9.97 Å². The summed E-state index contributed by atoms with van der Waals surface area (Å²) in [6.07, 6.45) is 4.32. The Labute approximate surface area is 131 Å². The van der Waals surface area contributed by atoms with Gasteiger partial charge in [0, 0.05) is 11.8 Å². The van der Waals surface area contributed by atoms with Crippen LogP contribution in [-0.4, -0.2) is 9.97 Å². The topological polar surface area (TPSA) is 37.8 Å². The third-order valence-electron chi connectivity index (χ3n) is 3.66. The number of hydrogen-bond donors (Lipinski definition) is 1. The zero-order valence-corrected chi connectivity index (χ0v) is 13.0. The summed E-state index contributed by atoms with van der Waals surface area (Å²) in [5.41, 5.74) is 5.11. The molecule has 0 radical (unpaired) electrons. The van der Waals surface area contributed by atoms with E-state index in [0.717, 1.165) is 17.7 Å². The summed E-state index contributed by atoms with van der Waals surface area (Å²) in [5.74, 6) is 0. The van der Waals surface area contributed by atoms with E-state index in [1.54, 1.807) is 0 Å². The molecule has 0 spiro atoms. The average molecular weight is 291 g/mol. The van der Waals surface area contributed by atoms with Crippen molar-refractivity contribution in [2.24, 2.45) is 0 Å². The molecule has 112 valence electrons. The first-order valence-electron chi connectivity index (χ1n) is 7.23. The molecule has 0 saturated carbocycles. The van der Waals surface area contributed by atoms with E-state index < -0.39 is 0 Å². The molecule has 1 aromatic heterocycles. The summed E-state index contributed by atoms with van der Waals surface area (Å²) < 4.78 is 0. The van der Waals surface area contributed by atoms with E-state index in [4.69, 9.17) is 0 Å². The predicted molar refractivity (Wildman–Crippen MR) is 94.1 cm³/mol. The minimum atomic E-state index is 0.623. The number of aromatic nitrogens is 2. The Morgan fingerprint density at radius 1 is 1.23 bits per heavy atom. The van der Waals surface area contributed by atoms with Gasteiger partial charge in [0.2, 0.25) is 0 Å². The van der Waals surface area contributed by atoms with Crippen LogP contribution in [0.5, 0.6) is 0 Å². The van der Waals surface area contributed by atoms with Gasteiger partial charge in [-0.3, -0.25) is 0 Å². The fraction of sp³-hybridized carbons (Fsp3) is 0.158. The Balaban J connectivity index is 2.18. The molecule has 3 nitrogen and oxygen atoms in total. The summed E-state index contributed by atoms with van der Waals surface area (Å²) in [5, 5.41) is 4.65. The highest BCUT2D eigenvalue weighted by Gasteiger charge is 2.05. The van der Waals surface area contributed by atoms with Gasteiger partial charge < -0.3 is 5.32 Å². The summed E-state index contributed by atoms with van der Waals surface area (Å²) in [6.45, 7) is 18.5. The Hall–Kier alpha value is -2.68. The van der Waals surface area contributed by atoms with Crippen molar-refractivity contribution in [1.29, 1.82) is 0 Å². The van der Waals surface area contributed by atoms with Crippen LogP contribution in [0.15, 0.2) is 37.7 Å². The summed E-state index contributed by atoms with van der Waals surface area (Å²) in [6, 6.07) is 6.35. The van der Waals surface area contributed by atoms with Crippen molar-refractivity contribution in [3.05, 3.63) is 70.6 Å². The summed E-state index contributed by atoms with van der Waals surface area (Å²) in [4.78, 5) is 8.26. The quantitative estimate of drug-likeness (QED) is 0.887. The van der Waals surface area contributed by atoms with Gasteiger partial charge in [-0.1, -0.05) is 57.5 Å². The molecule has 0 fully saturated rings. The smallest absolute Gasteiger partial charge is 0.116 e. The highest BCUT2D eigenvalue weighted by molar-refractivity contribution is 5.59. The van der Waals surface area contributed by atoms with Gasteiger partial charge in [-0.2, -0.15) is 0 Å². The molecular weight excluding hydrogens is 270 g/mol. The van der Waals surface area contributed by atoms with E-state index >= 15 is 0 Å². The Morgan fingerprint density at radius 2 is 2.00 bits per heavy atom. The lowest BCUT2D eigenvalue weighted by molar-refractivity contribution is 0.862. The zero-order valence-electron chi connectivity index (χ0n) is 13.0. The highest BCUT2D eigenvalue weighted by Crippen LogP contribution is 2.14. The standard InChI is InChI=1S/C19H21N3/c1-6-16-8-9-18(17(7-2)10-16)11-20-15(5)19-13(3)14(4)21-12-22-19/h6,8-10,12,20H,1,3-5,7,11H2,2H3. The van der Waals surface area contributed by atoms with Crippen LogP contribution in [0.2, 0.25) is 0 Å². The monoisotopic (exact) mass is 291 g/mol. The number of nitrogens with zero attached hydrogens (tertiary/aromatic N) is 2. The molecule has 0 unspecified atom stereocenters. The molecular formula is C19H21N3. The average Bonchev–Trinajstić information content (AvgIpc) is 2.54. The Morgan fingerprint density at radius 3 is 2.68 bits per heavy atom. The zero-order chi connectivity index (χ0) is 16.1. The second kappa shape index (κ2) is 6.85. The van der Waals surface area contributed by atoms with Crippen molar-refractivity contribution in [3.8, 4) is 0 Å². The Kier molecular flexibility index (Phi) is 4.89. The summed E-state index contributed by atoms with van der Waals surface area (Å²) in [7, 11) is 0. The van der Waals surface area contributed by atoms with Crippen LogP contribution in [0.1, 0.15) is 29.3 Å². The minimum Gasteiger partial charge on any atom is -0.380 e. The van der Waals surface area contributed by atoms with E-state index in [9.17, 15) is 0 Å². The van der Waals surface area contributed by atoms with Gasteiger partial charge in [-0.15, -0.1) is 0 Å². The molecule has 3 heteroatoms. The largest absolute Gasteiger partial charge is 0.380 e. The third kappa shape index (κ3) is 3.31. The van der Waals surface area contributed by atoms with Crippen LogP contribution >= 0.6 is 0 Å². The van der Waals surface area contributed by atoms with Crippen molar-refractivity contribution in [2.75, 3.05) is 0 Å². The fourth-order valence-corrected chi connectivity index (χ4v) is 2.27. The molecule has 0 aliphatic carbocycles. The van der Waals surface area contributed by atoms with E-state index in [2.05, 4.69) is 66.7 Å². The highest BCUT2D eigenvalue weighted by atomic mass is 14.9. The predicted octanol–water partition coefficient (Wildman–Crippen LogP) is 2.26. The number of nitrogens with one attached hydrogen (secondary N) is 1. The first-order valence-corrected chi connectivity index (χ1v) is 7.23. The van der Waals surface area contributed by atoms with E-state index in [0.29, 0.717) is 22.8 Å². The number of hydrogen-bond acceptors (Lipinski definition) is 3. The lowest BCUT2D eigenvalue weighted by Crippen LogP contribution is -2.32. The van der Waals surface area contributed by atoms with Gasteiger partial charge in [-0.05, 0) is 23.1 Å². The van der Waals surface area contributed by atoms with Crippen LogP contribution in [0, 0.1) is 0 Å². The molecule has 0 atom stereocenters. The van der Waals surface area contributed by atoms with Gasteiger partial charge in [0.1, 0.15) is 6.33 Å². The number of rotatable bonds is 6. The maximum atomic E-state index is 4.23. The SMILES string of the molecule is C=Cc1ccc(CNC(=C)c2ncnc(=C)c2=C)c(CC)c1. The first kappa shape index (κ1) is 15.7. The van der Waals surface area contributed by atoms with Gasteiger partial charge >= 0.3 is 0 Å². The van der Waals surface area contributed by atoms with Crippen molar-refractivity contribution >= 4 is 24.9 Å². The van der Waals surface area contributed by atoms with Crippen molar-refractivity contribution in [3.63, 3.8) is 0 Å². The van der Waals surface area contributed by atoms with Gasteiger partial charge in [0.25, 0.3) is 0 Å². The van der Waals surface area contributed by atoms with Crippen LogP contribution < -0.4 is 15.9 Å². The lowest BCUT2D eigenvalue weighted by atomic mass is 10.0. The molecule has 1 heterocycles. The fourth-order valence-electron chi connectivity index (χ4n) is 2.27. The molecule has 22 heavy (non-hydrogen) atoms. The molecule has 2 aromatic rings. The lowest BCUT2D eigenvalue weighted by Gasteiger charge is -2.13. The van der Waals surface area contributed by atoms with E-state index in [1.807, 2.05) is 6.08 Å². The first-order chi connectivity index (χ1) is 10.6.